The third-order valence-electron chi connectivity index (χ3n) is 1.82. The smallest absolute Gasteiger partial charge is 0.0653 e. The van der Waals surface area contributed by atoms with Gasteiger partial charge in [0.15, 0.2) is 0 Å². The van der Waals surface area contributed by atoms with Crippen LogP contribution < -0.4 is 5.73 Å². The van der Waals surface area contributed by atoms with Gasteiger partial charge in [0.1, 0.15) is 0 Å². The zero-order chi connectivity index (χ0) is 10.7. The first-order valence-corrected chi connectivity index (χ1v) is 6.37. The minimum absolute atomic E-state index is 0.405. The summed E-state index contributed by atoms with van der Waals surface area (Å²) in [7, 11) is -0.902. The number of hydrogen-bond acceptors (Lipinski definition) is 2. The van der Waals surface area contributed by atoms with Crippen molar-refractivity contribution in [1.29, 1.82) is 0 Å². The van der Waals surface area contributed by atoms with Crippen LogP contribution in [0.25, 0.3) is 0 Å². The van der Waals surface area contributed by atoms with Gasteiger partial charge in [0, 0.05) is 21.6 Å². The molecule has 2 N–H and O–H groups in total. The molecule has 0 aliphatic rings. The molecule has 0 amide bonds. The molecule has 5 heteroatoms. The summed E-state index contributed by atoms with van der Waals surface area (Å²) in [6.45, 7) is 1.86. The first kappa shape index (κ1) is 11.8. The number of halogens is 2. The van der Waals surface area contributed by atoms with Crippen molar-refractivity contribution in [3.05, 3.63) is 27.7 Å². The number of rotatable bonds is 3. The maximum atomic E-state index is 11.3. The van der Waals surface area contributed by atoms with Crippen LogP contribution in [0.2, 0.25) is 10.0 Å². The molecule has 14 heavy (non-hydrogen) atoms. The fourth-order valence-electron chi connectivity index (χ4n) is 1.03. The Hall–Kier alpha value is -0.250. The van der Waals surface area contributed by atoms with Crippen LogP contribution in [0.15, 0.2) is 12.1 Å². The van der Waals surface area contributed by atoms with E-state index in [0.717, 1.165) is 5.56 Å². The van der Waals surface area contributed by atoms with Crippen molar-refractivity contribution in [2.45, 2.75) is 12.7 Å². The SMILES string of the molecule is CCS(=O)Cc1cc(Cl)cc(Cl)c1N. The summed E-state index contributed by atoms with van der Waals surface area (Å²) >= 11 is 11.6. The number of hydrogen-bond donors (Lipinski definition) is 1. The van der Waals surface area contributed by atoms with Crippen LogP contribution in [0, 0.1) is 0 Å². The molecule has 1 unspecified atom stereocenters. The van der Waals surface area contributed by atoms with E-state index in [9.17, 15) is 4.21 Å². The summed E-state index contributed by atoms with van der Waals surface area (Å²) in [6, 6.07) is 3.28. The fourth-order valence-corrected chi connectivity index (χ4v) is 2.36. The molecule has 2 nitrogen and oxygen atoms in total. The van der Waals surface area contributed by atoms with Crippen LogP contribution in [-0.2, 0) is 16.6 Å². The summed E-state index contributed by atoms with van der Waals surface area (Å²) in [4.78, 5) is 0. The largest absolute Gasteiger partial charge is 0.397 e. The Morgan fingerprint density at radius 3 is 2.64 bits per heavy atom. The van der Waals surface area contributed by atoms with Gasteiger partial charge < -0.3 is 5.73 Å². The third-order valence-corrected chi connectivity index (χ3v) is 3.63. The van der Waals surface area contributed by atoms with E-state index in [1.54, 1.807) is 12.1 Å². The van der Waals surface area contributed by atoms with Crippen molar-refractivity contribution in [2.75, 3.05) is 11.5 Å². The highest BCUT2D eigenvalue weighted by molar-refractivity contribution is 7.84. The van der Waals surface area contributed by atoms with Gasteiger partial charge in [-0.2, -0.15) is 0 Å². The van der Waals surface area contributed by atoms with E-state index in [2.05, 4.69) is 0 Å². The molecule has 0 saturated heterocycles. The first-order valence-electron chi connectivity index (χ1n) is 4.13. The minimum atomic E-state index is -0.902. The number of anilines is 1. The predicted octanol–water partition coefficient (Wildman–Crippen LogP) is 2.84. The second kappa shape index (κ2) is 5.01. The Labute approximate surface area is 95.8 Å². The Morgan fingerprint density at radius 2 is 2.07 bits per heavy atom. The van der Waals surface area contributed by atoms with Crippen LogP contribution in [0.5, 0.6) is 0 Å². The Morgan fingerprint density at radius 1 is 1.43 bits per heavy atom. The van der Waals surface area contributed by atoms with Crippen molar-refractivity contribution >= 4 is 39.7 Å². The van der Waals surface area contributed by atoms with Crippen LogP contribution >= 0.6 is 23.2 Å². The lowest BCUT2D eigenvalue weighted by Crippen LogP contribution is -2.02. The molecule has 1 aromatic rings. The zero-order valence-corrected chi connectivity index (χ0v) is 10.0. The molecule has 0 aromatic heterocycles. The van der Waals surface area contributed by atoms with Gasteiger partial charge in [-0.1, -0.05) is 30.1 Å². The summed E-state index contributed by atoms with van der Waals surface area (Å²) < 4.78 is 11.3. The lowest BCUT2D eigenvalue weighted by atomic mass is 10.2. The predicted molar refractivity (Wildman–Crippen MR) is 63.3 cm³/mol. The second-order valence-corrected chi connectivity index (χ2v) is 5.42. The molecule has 1 rings (SSSR count). The van der Waals surface area contributed by atoms with Gasteiger partial charge in [0.2, 0.25) is 0 Å². The third kappa shape index (κ3) is 2.87. The first-order chi connectivity index (χ1) is 6.54. The van der Waals surface area contributed by atoms with Crippen molar-refractivity contribution in [3.8, 4) is 0 Å². The van der Waals surface area contributed by atoms with E-state index in [1.807, 2.05) is 6.92 Å². The van der Waals surface area contributed by atoms with Crippen LogP contribution in [-0.4, -0.2) is 9.96 Å². The monoisotopic (exact) mass is 251 g/mol. The number of nitrogen functional groups attached to an aromatic ring is 1. The highest BCUT2D eigenvalue weighted by Gasteiger charge is 2.08. The molecule has 0 saturated carbocycles. The van der Waals surface area contributed by atoms with E-state index in [-0.39, 0.29) is 0 Å². The lowest BCUT2D eigenvalue weighted by molar-refractivity contribution is 0.683. The molecule has 1 aromatic carbocycles. The van der Waals surface area contributed by atoms with Crippen molar-refractivity contribution in [1.82, 2.24) is 0 Å². The molecular weight excluding hydrogens is 241 g/mol. The molecule has 0 fully saturated rings. The van der Waals surface area contributed by atoms with Crippen LogP contribution in [0.3, 0.4) is 0 Å². The van der Waals surface area contributed by atoms with Crippen molar-refractivity contribution in [2.24, 2.45) is 0 Å². The molecule has 0 aliphatic heterocycles. The van der Waals surface area contributed by atoms with E-state index >= 15 is 0 Å². The van der Waals surface area contributed by atoms with Crippen molar-refractivity contribution in [3.63, 3.8) is 0 Å². The highest BCUT2D eigenvalue weighted by Crippen LogP contribution is 2.28. The Balaban J connectivity index is 3.02. The van der Waals surface area contributed by atoms with Gasteiger partial charge in [-0.05, 0) is 17.7 Å². The molecule has 78 valence electrons. The summed E-state index contributed by atoms with van der Waals surface area (Å²) in [5, 5.41) is 0.938. The van der Waals surface area contributed by atoms with Gasteiger partial charge in [-0.15, -0.1) is 0 Å². The number of nitrogens with two attached hydrogens (primary N) is 1. The number of benzene rings is 1. The second-order valence-electron chi connectivity index (χ2n) is 2.83. The van der Waals surface area contributed by atoms with E-state index in [1.165, 1.54) is 0 Å². The summed E-state index contributed by atoms with van der Waals surface area (Å²) in [5.74, 6) is 1.01. The molecule has 0 spiro atoms. The zero-order valence-electron chi connectivity index (χ0n) is 7.72. The van der Waals surface area contributed by atoms with Gasteiger partial charge in [0.05, 0.1) is 16.5 Å². The fraction of sp³-hybridized carbons (Fsp3) is 0.333. The average Bonchev–Trinajstić information content (AvgIpc) is 2.13. The maximum Gasteiger partial charge on any atom is 0.0653 e. The van der Waals surface area contributed by atoms with Crippen LogP contribution in [0.4, 0.5) is 5.69 Å². The standard InChI is InChI=1S/C9H11Cl2NOS/c1-2-14(13)5-6-3-7(10)4-8(11)9(6)12/h3-4H,2,5,12H2,1H3. The van der Waals surface area contributed by atoms with Gasteiger partial charge in [-0.25, -0.2) is 0 Å². The van der Waals surface area contributed by atoms with E-state index in [4.69, 9.17) is 28.9 Å². The highest BCUT2D eigenvalue weighted by atomic mass is 35.5. The van der Waals surface area contributed by atoms with Crippen LogP contribution in [0.1, 0.15) is 12.5 Å². The minimum Gasteiger partial charge on any atom is -0.397 e. The Kier molecular flexibility index (Phi) is 4.23. The van der Waals surface area contributed by atoms with Crippen molar-refractivity contribution < 1.29 is 4.21 Å². The van der Waals surface area contributed by atoms with E-state index in [0.29, 0.717) is 27.2 Å². The Bertz CT molecular complexity index is 368. The topological polar surface area (TPSA) is 43.1 Å². The lowest BCUT2D eigenvalue weighted by Gasteiger charge is -2.07. The van der Waals surface area contributed by atoms with Gasteiger partial charge >= 0.3 is 0 Å². The van der Waals surface area contributed by atoms with Gasteiger partial charge in [0.25, 0.3) is 0 Å². The van der Waals surface area contributed by atoms with E-state index < -0.39 is 10.8 Å². The molecule has 0 bridgehead atoms. The molecule has 0 radical (unpaired) electrons. The molecule has 1 atom stereocenters. The maximum absolute atomic E-state index is 11.3. The molecule has 0 heterocycles. The quantitative estimate of drug-likeness (QED) is 0.840. The van der Waals surface area contributed by atoms with Gasteiger partial charge in [-0.3, -0.25) is 4.21 Å². The summed E-state index contributed by atoms with van der Waals surface area (Å²) in [5.41, 5.74) is 6.95. The normalized spacial score (nSPS) is 12.8. The summed E-state index contributed by atoms with van der Waals surface area (Å²) in [6.07, 6.45) is 0. The molecule has 0 aliphatic carbocycles. The molecular formula is C9H11Cl2NOS. The average molecular weight is 252 g/mol.